The van der Waals surface area contributed by atoms with Crippen LogP contribution < -0.4 is 5.32 Å². The van der Waals surface area contributed by atoms with E-state index < -0.39 is 31.0 Å². The molecule has 0 bridgehead atoms. The topological polar surface area (TPSA) is 49.3 Å². The molecule has 1 amide bonds. The quantitative estimate of drug-likeness (QED) is 0.787. The summed E-state index contributed by atoms with van der Waals surface area (Å²) in [4.78, 5) is 11.1. The predicted octanol–water partition coefficient (Wildman–Crippen LogP) is 2.00. The van der Waals surface area contributed by atoms with E-state index in [4.69, 9.17) is 0 Å². The second-order valence-electron chi connectivity index (χ2n) is 4.53. The summed E-state index contributed by atoms with van der Waals surface area (Å²) in [6, 6.07) is 0. The second kappa shape index (κ2) is 6.23. The molecular weight excluding hydrogens is 235 g/mol. The molecule has 2 N–H and O–H groups in total. The van der Waals surface area contributed by atoms with Gasteiger partial charge in [0.05, 0.1) is 12.5 Å². The fourth-order valence-corrected chi connectivity index (χ4v) is 2.07. The first-order valence-corrected chi connectivity index (χ1v) is 5.90. The molecule has 1 rings (SSSR count). The highest BCUT2D eigenvalue weighted by Gasteiger charge is 2.28. The first kappa shape index (κ1) is 14.3. The van der Waals surface area contributed by atoms with Crippen molar-refractivity contribution in [2.24, 2.45) is 5.92 Å². The highest BCUT2D eigenvalue weighted by atomic mass is 19.4. The van der Waals surface area contributed by atoms with Crippen LogP contribution in [-0.4, -0.2) is 29.8 Å². The summed E-state index contributed by atoms with van der Waals surface area (Å²) >= 11 is 0. The smallest absolute Gasteiger partial charge is 0.389 e. The Balaban J connectivity index is 2.14. The average Bonchev–Trinajstić information content (AvgIpc) is 2.75. The molecule has 0 radical (unpaired) electrons. The van der Waals surface area contributed by atoms with E-state index in [-0.39, 0.29) is 12.5 Å². The standard InChI is InChI=1S/C11H18F3NO2/c12-11(13,14)6-5-10(17)15-7-9(16)8-3-1-2-4-8/h8-9,16H,1-7H2,(H,15,17). The van der Waals surface area contributed by atoms with Crippen molar-refractivity contribution in [2.75, 3.05) is 6.54 Å². The van der Waals surface area contributed by atoms with E-state index in [2.05, 4.69) is 5.32 Å². The van der Waals surface area contributed by atoms with Gasteiger partial charge < -0.3 is 10.4 Å². The number of halogens is 3. The summed E-state index contributed by atoms with van der Waals surface area (Å²) in [5, 5.41) is 12.0. The normalized spacial score (nSPS) is 19.3. The molecule has 3 nitrogen and oxygen atoms in total. The number of rotatable bonds is 5. The van der Waals surface area contributed by atoms with Gasteiger partial charge in [-0.1, -0.05) is 12.8 Å². The van der Waals surface area contributed by atoms with Gasteiger partial charge in [-0.2, -0.15) is 13.2 Å². The number of amides is 1. The monoisotopic (exact) mass is 253 g/mol. The fourth-order valence-electron chi connectivity index (χ4n) is 2.07. The van der Waals surface area contributed by atoms with Crippen LogP contribution in [0.25, 0.3) is 0 Å². The summed E-state index contributed by atoms with van der Waals surface area (Å²) < 4.78 is 35.5. The van der Waals surface area contributed by atoms with Gasteiger partial charge in [0.1, 0.15) is 0 Å². The van der Waals surface area contributed by atoms with E-state index in [1.807, 2.05) is 0 Å². The van der Waals surface area contributed by atoms with Gasteiger partial charge in [0.25, 0.3) is 0 Å². The fraction of sp³-hybridized carbons (Fsp3) is 0.909. The van der Waals surface area contributed by atoms with Crippen molar-refractivity contribution in [3.05, 3.63) is 0 Å². The third kappa shape index (κ3) is 5.91. The third-order valence-corrected chi connectivity index (χ3v) is 3.09. The number of aliphatic hydroxyl groups is 1. The van der Waals surface area contributed by atoms with Crippen LogP contribution in [0.3, 0.4) is 0 Å². The Bertz CT molecular complexity index is 250. The first-order valence-electron chi connectivity index (χ1n) is 5.90. The van der Waals surface area contributed by atoms with Gasteiger partial charge in [-0.25, -0.2) is 0 Å². The van der Waals surface area contributed by atoms with E-state index in [0.717, 1.165) is 25.7 Å². The molecule has 0 aromatic carbocycles. The van der Waals surface area contributed by atoms with Gasteiger partial charge in [-0.15, -0.1) is 0 Å². The predicted molar refractivity (Wildman–Crippen MR) is 56.3 cm³/mol. The zero-order chi connectivity index (χ0) is 12.9. The van der Waals surface area contributed by atoms with E-state index in [0.29, 0.717) is 0 Å². The van der Waals surface area contributed by atoms with E-state index in [9.17, 15) is 23.1 Å². The molecular formula is C11H18F3NO2. The summed E-state index contributed by atoms with van der Waals surface area (Å²) in [5.41, 5.74) is 0. The second-order valence-corrected chi connectivity index (χ2v) is 4.53. The lowest BCUT2D eigenvalue weighted by Gasteiger charge is -2.18. The zero-order valence-corrected chi connectivity index (χ0v) is 9.59. The summed E-state index contributed by atoms with van der Waals surface area (Å²) in [6.07, 6.45) is -2.61. The Morgan fingerprint density at radius 1 is 1.35 bits per heavy atom. The molecule has 1 aliphatic rings. The Morgan fingerprint density at radius 2 is 1.94 bits per heavy atom. The number of alkyl halides is 3. The first-order chi connectivity index (χ1) is 7.88. The Kier molecular flexibility index (Phi) is 5.24. The molecule has 1 saturated carbocycles. The highest BCUT2D eigenvalue weighted by molar-refractivity contribution is 5.75. The molecule has 0 aromatic heterocycles. The average molecular weight is 253 g/mol. The Labute approximate surface area is 98.4 Å². The number of nitrogens with one attached hydrogen (secondary N) is 1. The van der Waals surface area contributed by atoms with Crippen LogP contribution in [0.4, 0.5) is 13.2 Å². The van der Waals surface area contributed by atoms with Crippen LogP contribution in [0.15, 0.2) is 0 Å². The van der Waals surface area contributed by atoms with Crippen LogP contribution in [0.2, 0.25) is 0 Å². The number of aliphatic hydroxyl groups excluding tert-OH is 1. The van der Waals surface area contributed by atoms with E-state index in [1.54, 1.807) is 0 Å². The molecule has 0 saturated heterocycles. The van der Waals surface area contributed by atoms with Gasteiger partial charge in [0.2, 0.25) is 5.91 Å². The van der Waals surface area contributed by atoms with Crippen LogP contribution in [0, 0.1) is 5.92 Å². The third-order valence-electron chi connectivity index (χ3n) is 3.09. The Morgan fingerprint density at radius 3 is 2.47 bits per heavy atom. The molecule has 0 aliphatic heterocycles. The molecule has 0 heterocycles. The minimum atomic E-state index is -4.30. The maximum Gasteiger partial charge on any atom is 0.389 e. The minimum absolute atomic E-state index is 0.0569. The van der Waals surface area contributed by atoms with Gasteiger partial charge in [0.15, 0.2) is 0 Å². The molecule has 1 unspecified atom stereocenters. The SMILES string of the molecule is O=C(CCC(F)(F)F)NCC(O)C1CCCC1. The van der Waals surface area contributed by atoms with Crippen LogP contribution in [0.1, 0.15) is 38.5 Å². The molecule has 0 aromatic rings. The van der Waals surface area contributed by atoms with Gasteiger partial charge in [-0.3, -0.25) is 4.79 Å². The van der Waals surface area contributed by atoms with Crippen LogP contribution in [0.5, 0.6) is 0 Å². The lowest BCUT2D eigenvalue weighted by Crippen LogP contribution is -2.35. The maximum atomic E-state index is 11.8. The minimum Gasteiger partial charge on any atom is -0.391 e. The molecule has 17 heavy (non-hydrogen) atoms. The molecule has 0 spiro atoms. The molecule has 6 heteroatoms. The molecule has 100 valence electrons. The summed E-state index contributed by atoms with van der Waals surface area (Å²) in [6.45, 7) is 0.0569. The van der Waals surface area contributed by atoms with Crippen molar-refractivity contribution in [2.45, 2.75) is 50.8 Å². The van der Waals surface area contributed by atoms with Crippen molar-refractivity contribution in [3.63, 3.8) is 0 Å². The molecule has 1 fully saturated rings. The largest absolute Gasteiger partial charge is 0.391 e. The lowest BCUT2D eigenvalue weighted by molar-refractivity contribution is -0.144. The number of hydrogen-bond acceptors (Lipinski definition) is 2. The summed E-state index contributed by atoms with van der Waals surface area (Å²) in [7, 11) is 0. The van der Waals surface area contributed by atoms with Crippen molar-refractivity contribution in [1.29, 1.82) is 0 Å². The van der Waals surface area contributed by atoms with Crippen molar-refractivity contribution < 1.29 is 23.1 Å². The van der Waals surface area contributed by atoms with Crippen LogP contribution >= 0.6 is 0 Å². The number of carbonyl (C=O) groups excluding carboxylic acids is 1. The maximum absolute atomic E-state index is 11.8. The lowest BCUT2D eigenvalue weighted by atomic mass is 10.0. The number of carbonyl (C=O) groups is 1. The molecule has 1 atom stereocenters. The Hall–Kier alpha value is -0.780. The van der Waals surface area contributed by atoms with Gasteiger partial charge in [0, 0.05) is 13.0 Å². The van der Waals surface area contributed by atoms with Crippen LogP contribution in [-0.2, 0) is 4.79 Å². The highest BCUT2D eigenvalue weighted by Crippen LogP contribution is 2.27. The van der Waals surface area contributed by atoms with Crippen molar-refractivity contribution in [1.82, 2.24) is 5.32 Å². The van der Waals surface area contributed by atoms with Gasteiger partial charge >= 0.3 is 6.18 Å². The number of hydrogen-bond donors (Lipinski definition) is 2. The van der Waals surface area contributed by atoms with E-state index in [1.165, 1.54) is 0 Å². The van der Waals surface area contributed by atoms with Crippen molar-refractivity contribution >= 4 is 5.91 Å². The van der Waals surface area contributed by atoms with E-state index >= 15 is 0 Å². The molecule has 1 aliphatic carbocycles. The summed E-state index contributed by atoms with van der Waals surface area (Å²) in [5.74, 6) is -0.475. The van der Waals surface area contributed by atoms with Crippen molar-refractivity contribution in [3.8, 4) is 0 Å². The zero-order valence-electron chi connectivity index (χ0n) is 9.59. The van der Waals surface area contributed by atoms with Gasteiger partial charge in [-0.05, 0) is 18.8 Å².